The van der Waals surface area contributed by atoms with Gasteiger partial charge in [0.1, 0.15) is 5.82 Å². The molecule has 0 aliphatic heterocycles. The summed E-state index contributed by atoms with van der Waals surface area (Å²) in [6, 6.07) is 4.72. The molecule has 0 fully saturated rings. The van der Waals surface area contributed by atoms with E-state index in [1.54, 1.807) is 13.0 Å². The first-order valence-corrected chi connectivity index (χ1v) is 7.32. The van der Waals surface area contributed by atoms with E-state index in [0.29, 0.717) is 5.56 Å². The average Bonchev–Trinajstić information content (AvgIpc) is 2.39. The van der Waals surface area contributed by atoms with Gasteiger partial charge in [-0.15, -0.1) is 0 Å². The summed E-state index contributed by atoms with van der Waals surface area (Å²) in [6.45, 7) is 7.94. The molecule has 1 N–H and O–H groups in total. The Kier molecular flexibility index (Phi) is 6.85. The Morgan fingerprint density at radius 2 is 1.74 bits per heavy atom. The highest BCUT2D eigenvalue weighted by atomic mass is 19.1. The van der Waals surface area contributed by atoms with Gasteiger partial charge in [0.15, 0.2) is 0 Å². The Hall–Kier alpha value is -1.09. The molecule has 0 amide bonds. The first-order chi connectivity index (χ1) is 9.10. The maximum atomic E-state index is 13.3. The molecule has 2 nitrogen and oxygen atoms in total. The molecule has 0 aliphatic rings. The normalized spacial score (nSPS) is 12.5. The Bertz CT molecular complexity index is 371. The summed E-state index contributed by atoms with van der Waals surface area (Å²) in [6.07, 6.45) is 3.85. The minimum atomic E-state index is -0.642. The van der Waals surface area contributed by atoms with Crippen molar-refractivity contribution < 1.29 is 9.50 Å². The van der Waals surface area contributed by atoms with Crippen molar-refractivity contribution in [3.8, 4) is 0 Å². The molecule has 0 saturated heterocycles. The molecule has 0 heterocycles. The quantitative estimate of drug-likeness (QED) is 0.759. The highest BCUT2D eigenvalue weighted by Gasteiger charge is 2.14. The van der Waals surface area contributed by atoms with E-state index in [1.807, 2.05) is 0 Å². The molecule has 0 bridgehead atoms. The van der Waals surface area contributed by atoms with Gasteiger partial charge in [0.2, 0.25) is 0 Å². The molecule has 0 aromatic heterocycles. The maximum absolute atomic E-state index is 13.3. The second-order valence-electron chi connectivity index (χ2n) is 5.07. The van der Waals surface area contributed by atoms with Crippen molar-refractivity contribution in [2.24, 2.45) is 0 Å². The summed E-state index contributed by atoms with van der Waals surface area (Å²) in [4.78, 5) is 2.27. The second-order valence-corrected chi connectivity index (χ2v) is 5.07. The Labute approximate surface area is 116 Å². The average molecular weight is 267 g/mol. The number of hydrogen-bond acceptors (Lipinski definition) is 2. The smallest absolute Gasteiger partial charge is 0.123 e. The lowest BCUT2D eigenvalue weighted by atomic mass is 10.1. The first-order valence-electron chi connectivity index (χ1n) is 7.32. The molecule has 19 heavy (non-hydrogen) atoms. The fraction of sp³-hybridized carbons (Fsp3) is 0.625. The van der Waals surface area contributed by atoms with Crippen LogP contribution >= 0.6 is 0 Å². The number of halogens is 1. The minimum absolute atomic E-state index is 0.286. The highest BCUT2D eigenvalue weighted by Crippen LogP contribution is 2.28. The molecule has 1 rings (SSSR count). The number of benzene rings is 1. The van der Waals surface area contributed by atoms with Crippen LogP contribution in [0, 0.1) is 5.82 Å². The zero-order valence-corrected chi connectivity index (χ0v) is 12.3. The maximum Gasteiger partial charge on any atom is 0.123 e. The molecule has 0 spiro atoms. The number of nitrogens with zero attached hydrogens (tertiary/aromatic N) is 1. The van der Waals surface area contributed by atoms with Crippen molar-refractivity contribution in [2.45, 2.75) is 52.6 Å². The van der Waals surface area contributed by atoms with Crippen LogP contribution in [0.15, 0.2) is 18.2 Å². The van der Waals surface area contributed by atoms with Crippen LogP contribution in [0.4, 0.5) is 10.1 Å². The molecule has 0 saturated carbocycles. The monoisotopic (exact) mass is 267 g/mol. The zero-order chi connectivity index (χ0) is 14.3. The predicted molar refractivity (Wildman–Crippen MR) is 79.1 cm³/mol. The van der Waals surface area contributed by atoms with Gasteiger partial charge in [-0.25, -0.2) is 4.39 Å². The third-order valence-electron chi connectivity index (χ3n) is 3.34. The van der Waals surface area contributed by atoms with Gasteiger partial charge < -0.3 is 10.0 Å². The summed E-state index contributed by atoms with van der Waals surface area (Å²) in [7, 11) is 0. The van der Waals surface area contributed by atoms with Gasteiger partial charge in [-0.2, -0.15) is 0 Å². The lowest BCUT2D eigenvalue weighted by Gasteiger charge is -2.28. The Balaban J connectivity index is 2.98. The fourth-order valence-electron chi connectivity index (χ4n) is 2.20. The first kappa shape index (κ1) is 16.0. The van der Waals surface area contributed by atoms with Crippen molar-refractivity contribution in [3.05, 3.63) is 29.6 Å². The lowest BCUT2D eigenvalue weighted by molar-refractivity contribution is 0.199. The third-order valence-corrected chi connectivity index (χ3v) is 3.34. The van der Waals surface area contributed by atoms with Gasteiger partial charge in [0.25, 0.3) is 0 Å². The fourth-order valence-corrected chi connectivity index (χ4v) is 2.20. The van der Waals surface area contributed by atoms with E-state index in [-0.39, 0.29) is 5.82 Å². The summed E-state index contributed by atoms with van der Waals surface area (Å²) >= 11 is 0. The lowest BCUT2D eigenvalue weighted by Crippen LogP contribution is -2.27. The van der Waals surface area contributed by atoms with E-state index in [2.05, 4.69) is 18.7 Å². The van der Waals surface area contributed by atoms with Crippen LogP contribution in [0.1, 0.15) is 58.1 Å². The highest BCUT2D eigenvalue weighted by molar-refractivity contribution is 5.54. The van der Waals surface area contributed by atoms with Crippen molar-refractivity contribution in [2.75, 3.05) is 18.0 Å². The largest absolute Gasteiger partial charge is 0.389 e. The van der Waals surface area contributed by atoms with Crippen LogP contribution < -0.4 is 4.90 Å². The topological polar surface area (TPSA) is 23.5 Å². The predicted octanol–water partition coefficient (Wildman–Crippen LogP) is 4.29. The molecule has 0 radical (unpaired) electrons. The van der Waals surface area contributed by atoms with Crippen LogP contribution in [0.2, 0.25) is 0 Å². The van der Waals surface area contributed by atoms with E-state index >= 15 is 0 Å². The number of aliphatic hydroxyl groups excluding tert-OH is 1. The Morgan fingerprint density at radius 3 is 2.21 bits per heavy atom. The molecular formula is C16H26FNO. The Morgan fingerprint density at radius 1 is 1.16 bits per heavy atom. The molecule has 1 aromatic carbocycles. The molecule has 1 atom stereocenters. The minimum Gasteiger partial charge on any atom is -0.389 e. The summed E-state index contributed by atoms with van der Waals surface area (Å²) < 4.78 is 13.3. The van der Waals surface area contributed by atoms with Gasteiger partial charge in [-0.05, 0) is 38.0 Å². The van der Waals surface area contributed by atoms with E-state index < -0.39 is 6.10 Å². The van der Waals surface area contributed by atoms with Crippen LogP contribution in [-0.2, 0) is 0 Å². The summed E-state index contributed by atoms with van der Waals surface area (Å²) in [5.74, 6) is -0.286. The number of hydrogen-bond donors (Lipinski definition) is 1. The van der Waals surface area contributed by atoms with Crippen LogP contribution in [0.5, 0.6) is 0 Å². The van der Waals surface area contributed by atoms with Gasteiger partial charge in [-0.3, -0.25) is 0 Å². The van der Waals surface area contributed by atoms with Gasteiger partial charge in [-0.1, -0.05) is 26.7 Å². The molecule has 3 heteroatoms. The van der Waals surface area contributed by atoms with Crippen molar-refractivity contribution in [1.82, 2.24) is 0 Å². The molecule has 108 valence electrons. The molecular weight excluding hydrogens is 241 g/mol. The number of unbranched alkanes of at least 4 members (excludes halogenated alkanes) is 2. The van der Waals surface area contributed by atoms with Gasteiger partial charge in [0.05, 0.1) is 6.10 Å². The van der Waals surface area contributed by atoms with Gasteiger partial charge >= 0.3 is 0 Å². The zero-order valence-electron chi connectivity index (χ0n) is 12.3. The third kappa shape index (κ3) is 4.83. The number of aliphatic hydroxyl groups is 1. The number of rotatable bonds is 8. The standard InChI is InChI=1S/C16H26FNO/c1-4-6-10-18(11-7-5-2)16-9-8-14(17)12-15(16)13(3)19/h8-9,12-13,19H,4-7,10-11H2,1-3H3/t13-/m0/s1. The van der Waals surface area contributed by atoms with Crippen LogP contribution in [0.25, 0.3) is 0 Å². The molecule has 0 unspecified atom stereocenters. The van der Waals surface area contributed by atoms with Crippen LogP contribution in [-0.4, -0.2) is 18.2 Å². The second kappa shape index (κ2) is 8.16. The van der Waals surface area contributed by atoms with Crippen LogP contribution in [0.3, 0.4) is 0 Å². The molecule has 0 aliphatic carbocycles. The van der Waals surface area contributed by atoms with Crippen molar-refractivity contribution >= 4 is 5.69 Å². The van der Waals surface area contributed by atoms with Crippen molar-refractivity contribution in [3.63, 3.8) is 0 Å². The SMILES string of the molecule is CCCCN(CCCC)c1ccc(F)cc1[C@H](C)O. The van der Waals surface area contributed by atoms with E-state index in [0.717, 1.165) is 44.5 Å². The van der Waals surface area contributed by atoms with Gasteiger partial charge in [0, 0.05) is 24.3 Å². The van der Waals surface area contributed by atoms with E-state index in [9.17, 15) is 9.50 Å². The van der Waals surface area contributed by atoms with Crippen molar-refractivity contribution in [1.29, 1.82) is 0 Å². The molecule has 1 aromatic rings. The summed E-state index contributed by atoms with van der Waals surface area (Å²) in [5, 5.41) is 9.84. The van der Waals surface area contributed by atoms with E-state index in [1.165, 1.54) is 12.1 Å². The van der Waals surface area contributed by atoms with E-state index in [4.69, 9.17) is 0 Å². The number of anilines is 1. The summed E-state index contributed by atoms with van der Waals surface area (Å²) in [5.41, 5.74) is 1.66.